The minimum absolute atomic E-state index is 0.0673. The quantitative estimate of drug-likeness (QED) is 0.139. The Hall–Kier alpha value is -5.35. The number of nitrogens with two attached hydrogens (primary N) is 1. The summed E-state index contributed by atoms with van der Waals surface area (Å²) in [5, 5.41) is 21.9. The topological polar surface area (TPSA) is 113 Å². The smallest absolute Gasteiger partial charge is 0.150 e. The molecule has 4 aromatic carbocycles. The Balaban J connectivity index is 1.10. The lowest BCUT2D eigenvalue weighted by atomic mass is 9.80. The predicted octanol–water partition coefficient (Wildman–Crippen LogP) is 7.35. The molecule has 0 bridgehead atoms. The summed E-state index contributed by atoms with van der Waals surface area (Å²) in [7, 11) is 0. The Kier molecular flexibility index (Phi) is 8.85. The number of ether oxygens (including phenoxy) is 2. The van der Waals surface area contributed by atoms with Gasteiger partial charge in [-0.15, -0.1) is 0 Å². The van der Waals surface area contributed by atoms with Gasteiger partial charge in [-0.25, -0.2) is 9.67 Å². The molecule has 0 saturated carbocycles. The fourth-order valence-electron chi connectivity index (χ4n) is 7.20. The van der Waals surface area contributed by atoms with E-state index in [0.29, 0.717) is 12.4 Å². The van der Waals surface area contributed by atoms with Gasteiger partial charge >= 0.3 is 0 Å². The van der Waals surface area contributed by atoms with Gasteiger partial charge in [-0.3, -0.25) is 4.68 Å². The van der Waals surface area contributed by atoms with Crippen LogP contribution in [0.15, 0.2) is 128 Å². The number of rotatable bonds is 11. The van der Waals surface area contributed by atoms with Crippen molar-refractivity contribution in [2.24, 2.45) is 5.92 Å². The van der Waals surface area contributed by atoms with Crippen molar-refractivity contribution in [2.45, 2.75) is 37.6 Å². The van der Waals surface area contributed by atoms with Crippen LogP contribution in [-0.4, -0.2) is 49.5 Å². The zero-order chi connectivity index (χ0) is 33.9. The van der Waals surface area contributed by atoms with E-state index in [0.717, 1.165) is 75.6 Å². The number of nitrogen functional groups attached to an aromatic ring is 1. The molecule has 1 aliphatic heterocycles. The largest absolute Gasteiger partial charge is 0.396 e. The van der Waals surface area contributed by atoms with Crippen molar-refractivity contribution in [1.29, 1.82) is 0 Å². The molecule has 1 saturated heterocycles. The Morgan fingerprint density at radius 2 is 1.54 bits per heavy atom. The van der Waals surface area contributed by atoms with Gasteiger partial charge in [-0.2, -0.15) is 10.2 Å². The first-order valence-electron chi connectivity index (χ1n) is 17.3. The maximum absolute atomic E-state index is 10.7. The van der Waals surface area contributed by atoms with Crippen LogP contribution < -0.4 is 5.73 Å². The summed E-state index contributed by atoms with van der Waals surface area (Å²) in [6.07, 6.45) is 6.81. The second-order valence-corrected chi connectivity index (χ2v) is 13.0. The van der Waals surface area contributed by atoms with Crippen LogP contribution in [0.4, 0.5) is 5.82 Å². The number of benzene rings is 4. The minimum Gasteiger partial charge on any atom is -0.396 e. The second kappa shape index (κ2) is 13.9. The van der Waals surface area contributed by atoms with Gasteiger partial charge < -0.3 is 20.3 Å². The molecule has 1 aliphatic rings. The molecule has 9 nitrogen and oxygen atoms in total. The number of hydrogen-bond acceptors (Lipinski definition) is 7. The van der Waals surface area contributed by atoms with E-state index in [9.17, 15) is 5.11 Å². The third-order valence-corrected chi connectivity index (χ3v) is 9.71. The first-order valence-corrected chi connectivity index (χ1v) is 17.3. The predicted molar refractivity (Wildman–Crippen MR) is 195 cm³/mol. The van der Waals surface area contributed by atoms with Gasteiger partial charge in [0.1, 0.15) is 16.9 Å². The number of pyridine rings is 1. The fourth-order valence-corrected chi connectivity index (χ4v) is 7.20. The van der Waals surface area contributed by atoms with Crippen LogP contribution in [0.2, 0.25) is 0 Å². The molecule has 3 N–H and O–H groups in total. The van der Waals surface area contributed by atoms with Crippen LogP contribution in [0.5, 0.6) is 0 Å². The summed E-state index contributed by atoms with van der Waals surface area (Å²) >= 11 is 0. The molecule has 50 heavy (non-hydrogen) atoms. The average molecular weight is 665 g/mol. The molecule has 3 aromatic heterocycles. The van der Waals surface area contributed by atoms with Gasteiger partial charge in [-0.1, -0.05) is 97.1 Å². The molecular weight excluding hydrogens is 624 g/mol. The molecule has 7 aromatic rings. The zero-order valence-corrected chi connectivity index (χ0v) is 27.8. The zero-order valence-electron chi connectivity index (χ0n) is 27.8. The van der Waals surface area contributed by atoms with Crippen molar-refractivity contribution < 1.29 is 14.6 Å². The lowest BCUT2D eigenvalue weighted by Gasteiger charge is -2.37. The van der Waals surface area contributed by atoms with Gasteiger partial charge in [0.15, 0.2) is 6.23 Å². The summed E-state index contributed by atoms with van der Waals surface area (Å²) in [5.74, 6) is 0.155. The fraction of sp³-hybridized carbons (Fsp3) is 0.244. The molecule has 2 atom stereocenters. The number of fused-ring (bicyclic) bond motifs is 3. The normalized spacial score (nSPS) is 15.8. The highest BCUT2D eigenvalue weighted by atomic mass is 16.5. The number of nitrogens with zero attached hydrogens (tertiary/aromatic N) is 5. The summed E-state index contributed by atoms with van der Waals surface area (Å²) in [6, 6.07) is 39.0. The molecule has 1 fully saturated rings. The van der Waals surface area contributed by atoms with Crippen molar-refractivity contribution in [2.75, 3.05) is 25.6 Å². The number of anilines is 1. The summed E-state index contributed by atoms with van der Waals surface area (Å²) in [6.45, 7) is 1.37. The maximum atomic E-state index is 10.7. The molecule has 1 unspecified atom stereocenters. The Morgan fingerprint density at radius 3 is 2.16 bits per heavy atom. The van der Waals surface area contributed by atoms with Crippen LogP contribution in [-0.2, 0) is 21.6 Å². The molecular formula is C41H40N6O3. The molecule has 0 spiro atoms. The van der Waals surface area contributed by atoms with Gasteiger partial charge in [0, 0.05) is 49.0 Å². The van der Waals surface area contributed by atoms with Gasteiger partial charge in [0.2, 0.25) is 0 Å². The molecule has 8 rings (SSSR count). The highest BCUT2D eigenvalue weighted by Gasteiger charge is 2.38. The van der Waals surface area contributed by atoms with E-state index in [1.165, 1.54) is 0 Å². The maximum Gasteiger partial charge on any atom is 0.150 e. The van der Waals surface area contributed by atoms with Crippen molar-refractivity contribution in [3.8, 4) is 11.3 Å². The van der Waals surface area contributed by atoms with E-state index in [4.69, 9.17) is 25.3 Å². The van der Waals surface area contributed by atoms with E-state index >= 15 is 0 Å². The van der Waals surface area contributed by atoms with Crippen LogP contribution in [0.3, 0.4) is 0 Å². The summed E-state index contributed by atoms with van der Waals surface area (Å²) in [4.78, 5) is 4.79. The minimum atomic E-state index is -0.882. The SMILES string of the molecule is Nc1nc2cc(-c3ccnn3C3CCCCO3)ccc2c2nn(C[C@@H](CO)COC(c3ccccc3)(c3ccccc3)c3ccccc3)cc12. The molecule has 4 heterocycles. The molecule has 0 aliphatic carbocycles. The standard InChI is InChI=1S/C41H40N6O3/c42-40-35-26-46(45-39(35)34-20-19-30(24-36(34)44-40)37-21-22-43-47(37)38-18-10-11-23-49-38)25-29(27-48)28-50-41(31-12-4-1-5-13-31,32-14-6-2-7-15-32)33-16-8-3-9-17-33/h1-9,12-17,19-22,24,26,29,38,48H,10-11,18,23,25,27-28H2,(H2,42,44)/t29-,38?/m0/s1. The van der Waals surface area contributed by atoms with Crippen molar-refractivity contribution in [1.82, 2.24) is 24.5 Å². The molecule has 0 amide bonds. The highest BCUT2D eigenvalue weighted by Crippen LogP contribution is 2.41. The number of aliphatic hydroxyl groups excluding tert-OH is 1. The Labute approximate surface area is 290 Å². The van der Waals surface area contributed by atoms with Crippen molar-refractivity contribution >= 4 is 27.6 Å². The average Bonchev–Trinajstić information content (AvgIpc) is 3.85. The summed E-state index contributed by atoms with van der Waals surface area (Å²) in [5.41, 5.74) is 12.2. The third kappa shape index (κ3) is 5.94. The van der Waals surface area contributed by atoms with E-state index in [1.54, 1.807) is 0 Å². The Morgan fingerprint density at radius 1 is 0.860 bits per heavy atom. The molecule has 9 heteroatoms. The Bertz CT molecular complexity index is 2100. The van der Waals surface area contributed by atoms with Crippen LogP contribution in [0, 0.1) is 5.92 Å². The van der Waals surface area contributed by atoms with Crippen molar-refractivity contribution in [3.05, 3.63) is 144 Å². The van der Waals surface area contributed by atoms with Gasteiger partial charge in [0.25, 0.3) is 0 Å². The van der Waals surface area contributed by atoms with E-state index in [2.05, 4.69) is 53.6 Å². The lowest BCUT2D eigenvalue weighted by Crippen LogP contribution is -2.36. The van der Waals surface area contributed by atoms with Crippen LogP contribution >= 0.6 is 0 Å². The van der Waals surface area contributed by atoms with Gasteiger partial charge in [-0.05, 0) is 54.2 Å². The third-order valence-electron chi connectivity index (χ3n) is 9.71. The monoisotopic (exact) mass is 664 g/mol. The van der Waals surface area contributed by atoms with Crippen LogP contribution in [0.25, 0.3) is 33.1 Å². The van der Waals surface area contributed by atoms with E-state index in [1.807, 2.05) is 88.5 Å². The molecule has 0 radical (unpaired) electrons. The first-order chi connectivity index (χ1) is 24.6. The number of aliphatic hydroxyl groups is 1. The molecule has 252 valence electrons. The first kappa shape index (κ1) is 31.9. The second-order valence-electron chi connectivity index (χ2n) is 13.0. The van der Waals surface area contributed by atoms with Crippen molar-refractivity contribution in [3.63, 3.8) is 0 Å². The highest BCUT2D eigenvalue weighted by molar-refractivity contribution is 6.08. The van der Waals surface area contributed by atoms with E-state index in [-0.39, 0.29) is 25.4 Å². The number of aromatic nitrogens is 5. The lowest BCUT2D eigenvalue weighted by molar-refractivity contribution is -0.0383. The van der Waals surface area contributed by atoms with Gasteiger partial charge in [0.05, 0.1) is 23.2 Å². The summed E-state index contributed by atoms with van der Waals surface area (Å²) < 4.78 is 16.9. The van der Waals surface area contributed by atoms with Crippen LogP contribution in [0.1, 0.15) is 42.2 Å². The number of hydrogen-bond donors (Lipinski definition) is 2. The van der Waals surface area contributed by atoms with E-state index < -0.39 is 5.60 Å².